The maximum absolute atomic E-state index is 13.3. The molecule has 6 rings (SSSR count). The van der Waals surface area contributed by atoms with Crippen LogP contribution in [0.3, 0.4) is 0 Å². The van der Waals surface area contributed by atoms with E-state index in [1.54, 1.807) is 18.3 Å². The molecule has 0 bridgehead atoms. The van der Waals surface area contributed by atoms with E-state index in [0.29, 0.717) is 43.0 Å². The van der Waals surface area contributed by atoms with Crippen molar-refractivity contribution in [3.05, 3.63) is 65.6 Å². The van der Waals surface area contributed by atoms with Crippen LogP contribution in [0.5, 0.6) is 5.75 Å². The molecule has 2 fully saturated rings. The lowest BCUT2D eigenvalue weighted by Gasteiger charge is -2.35. The number of nitrogens with zero attached hydrogens (tertiary/aromatic N) is 4. The molecule has 5 heterocycles. The number of piperidine rings is 2. The third-order valence-corrected chi connectivity index (χ3v) is 7.46. The summed E-state index contributed by atoms with van der Waals surface area (Å²) in [6.45, 7) is 1.32. The zero-order valence-corrected chi connectivity index (χ0v) is 20.3. The molecule has 1 N–H and O–H groups in total. The van der Waals surface area contributed by atoms with Crippen molar-refractivity contribution in [2.24, 2.45) is 0 Å². The summed E-state index contributed by atoms with van der Waals surface area (Å²) in [4.78, 5) is 57.7. The SMILES string of the molecule is O=C1CCC(N2Cc3cc(OC[C@H]4CCCCN4C(=O)c4ccc5nccn5c4)ccc3C2=O)C(=O)N1. The molecule has 0 radical (unpaired) electrons. The molecule has 4 amide bonds. The van der Waals surface area contributed by atoms with Gasteiger partial charge in [0.15, 0.2) is 0 Å². The summed E-state index contributed by atoms with van der Waals surface area (Å²) >= 11 is 0. The number of hydrogen-bond acceptors (Lipinski definition) is 6. The van der Waals surface area contributed by atoms with Gasteiger partial charge in [-0.2, -0.15) is 0 Å². The number of pyridine rings is 1. The van der Waals surface area contributed by atoms with Gasteiger partial charge in [-0.15, -0.1) is 0 Å². The number of carbonyl (C=O) groups excluding carboxylic acids is 4. The minimum atomic E-state index is -0.648. The fourth-order valence-corrected chi connectivity index (χ4v) is 5.49. The zero-order valence-electron chi connectivity index (χ0n) is 20.3. The first-order chi connectivity index (χ1) is 18.0. The molecule has 2 atom stereocenters. The summed E-state index contributed by atoms with van der Waals surface area (Å²) in [6, 6.07) is 8.26. The number of fused-ring (bicyclic) bond motifs is 2. The fourth-order valence-electron chi connectivity index (χ4n) is 5.49. The van der Waals surface area contributed by atoms with Crippen LogP contribution in [-0.4, -0.2) is 68.0 Å². The summed E-state index contributed by atoms with van der Waals surface area (Å²) in [6.07, 6.45) is 8.71. The van der Waals surface area contributed by atoms with E-state index >= 15 is 0 Å². The predicted molar refractivity (Wildman–Crippen MR) is 132 cm³/mol. The first-order valence-corrected chi connectivity index (χ1v) is 12.6. The molecule has 3 aliphatic rings. The van der Waals surface area contributed by atoms with Gasteiger partial charge in [0.05, 0.1) is 11.6 Å². The second kappa shape index (κ2) is 9.34. The number of benzene rings is 1. The van der Waals surface area contributed by atoms with Crippen molar-refractivity contribution in [2.75, 3.05) is 13.2 Å². The molecule has 3 aromatic rings. The van der Waals surface area contributed by atoms with E-state index in [-0.39, 0.29) is 30.2 Å². The number of imide groups is 1. The van der Waals surface area contributed by atoms with Gasteiger partial charge in [0.2, 0.25) is 11.8 Å². The number of hydrogen-bond donors (Lipinski definition) is 1. The predicted octanol–water partition coefficient (Wildman–Crippen LogP) is 2.17. The van der Waals surface area contributed by atoms with Gasteiger partial charge in [-0.25, -0.2) is 4.98 Å². The van der Waals surface area contributed by atoms with Crippen molar-refractivity contribution >= 4 is 29.3 Å². The molecule has 3 aliphatic heterocycles. The monoisotopic (exact) mass is 501 g/mol. The van der Waals surface area contributed by atoms with Crippen LogP contribution in [0, 0.1) is 0 Å². The Labute approximate surface area is 213 Å². The Balaban J connectivity index is 1.13. The Hall–Kier alpha value is -4.21. The third kappa shape index (κ3) is 4.32. The Morgan fingerprint density at radius 2 is 2.00 bits per heavy atom. The molecule has 0 aliphatic carbocycles. The maximum Gasteiger partial charge on any atom is 0.255 e. The quantitative estimate of drug-likeness (QED) is 0.536. The molecular formula is C27H27N5O5. The topological polar surface area (TPSA) is 113 Å². The van der Waals surface area contributed by atoms with Crippen LogP contribution >= 0.6 is 0 Å². The van der Waals surface area contributed by atoms with Crippen LogP contribution in [0.4, 0.5) is 0 Å². The van der Waals surface area contributed by atoms with Crippen molar-refractivity contribution in [3.8, 4) is 5.75 Å². The molecule has 10 nitrogen and oxygen atoms in total. The molecule has 2 saturated heterocycles. The minimum absolute atomic E-state index is 0.0247. The van der Waals surface area contributed by atoms with Crippen LogP contribution < -0.4 is 10.1 Å². The standard InChI is InChI=1S/C27H27N5O5/c33-24-9-7-22(25(34)29-24)32-15-18-13-20(5-6-21(18)27(32)36)37-16-19-3-1-2-11-31(19)26(35)17-4-8-23-28-10-12-30(23)14-17/h4-6,8,10,12-14,19,22H,1-3,7,9,11,15-16H2,(H,29,33,34)/t19-,22?/m1/s1. The van der Waals surface area contributed by atoms with Gasteiger partial charge in [0.25, 0.3) is 11.8 Å². The Bertz CT molecular complexity index is 1420. The van der Waals surface area contributed by atoms with Gasteiger partial charge in [-0.3, -0.25) is 24.5 Å². The van der Waals surface area contributed by atoms with Crippen molar-refractivity contribution in [2.45, 2.75) is 50.7 Å². The average Bonchev–Trinajstić information content (AvgIpc) is 3.51. The number of rotatable bonds is 5. The number of nitrogens with one attached hydrogen (secondary N) is 1. The molecule has 1 unspecified atom stereocenters. The van der Waals surface area contributed by atoms with Gasteiger partial charge in [0, 0.05) is 43.7 Å². The van der Waals surface area contributed by atoms with E-state index in [2.05, 4.69) is 10.3 Å². The van der Waals surface area contributed by atoms with E-state index < -0.39 is 11.9 Å². The van der Waals surface area contributed by atoms with Crippen LogP contribution in [-0.2, 0) is 16.1 Å². The zero-order chi connectivity index (χ0) is 25.5. The molecule has 1 aromatic carbocycles. The summed E-state index contributed by atoms with van der Waals surface area (Å²) in [7, 11) is 0. The van der Waals surface area contributed by atoms with Gasteiger partial charge >= 0.3 is 0 Å². The van der Waals surface area contributed by atoms with E-state index in [1.807, 2.05) is 39.9 Å². The van der Waals surface area contributed by atoms with E-state index in [0.717, 1.165) is 30.5 Å². The van der Waals surface area contributed by atoms with Crippen molar-refractivity contribution < 1.29 is 23.9 Å². The van der Waals surface area contributed by atoms with Crippen molar-refractivity contribution in [3.63, 3.8) is 0 Å². The number of imidazole rings is 1. The average molecular weight is 502 g/mol. The van der Waals surface area contributed by atoms with Gasteiger partial charge in [0.1, 0.15) is 24.0 Å². The van der Waals surface area contributed by atoms with E-state index in [4.69, 9.17) is 4.74 Å². The van der Waals surface area contributed by atoms with E-state index in [1.165, 1.54) is 4.90 Å². The lowest BCUT2D eigenvalue weighted by Crippen LogP contribution is -2.52. The first kappa shape index (κ1) is 23.2. The van der Waals surface area contributed by atoms with Crippen LogP contribution in [0.25, 0.3) is 5.65 Å². The number of likely N-dealkylation sites (tertiary alicyclic amines) is 1. The number of ether oxygens (including phenoxy) is 1. The minimum Gasteiger partial charge on any atom is -0.491 e. The number of aromatic nitrogens is 2. The van der Waals surface area contributed by atoms with Crippen LogP contribution in [0.15, 0.2) is 48.9 Å². The lowest BCUT2D eigenvalue weighted by atomic mass is 10.0. The Morgan fingerprint density at radius 1 is 1.11 bits per heavy atom. The van der Waals surface area contributed by atoms with E-state index in [9.17, 15) is 19.2 Å². The smallest absolute Gasteiger partial charge is 0.255 e. The van der Waals surface area contributed by atoms with Gasteiger partial charge in [-0.05, 0) is 61.6 Å². The molecule has 2 aromatic heterocycles. The Morgan fingerprint density at radius 3 is 2.86 bits per heavy atom. The summed E-state index contributed by atoms with van der Waals surface area (Å²) in [5, 5.41) is 2.32. The third-order valence-electron chi connectivity index (χ3n) is 7.46. The van der Waals surface area contributed by atoms with Gasteiger partial charge in [-0.1, -0.05) is 0 Å². The largest absolute Gasteiger partial charge is 0.491 e. The second-order valence-electron chi connectivity index (χ2n) is 9.79. The van der Waals surface area contributed by atoms with Crippen molar-refractivity contribution in [1.82, 2.24) is 24.5 Å². The van der Waals surface area contributed by atoms with Crippen LogP contribution in [0.2, 0.25) is 0 Å². The highest BCUT2D eigenvalue weighted by Gasteiger charge is 2.39. The summed E-state index contributed by atoms with van der Waals surface area (Å²) in [5.41, 5.74) is 2.74. The fraction of sp³-hybridized carbons (Fsp3) is 0.370. The summed E-state index contributed by atoms with van der Waals surface area (Å²) < 4.78 is 7.97. The normalized spacial score (nSPS) is 21.8. The highest BCUT2D eigenvalue weighted by Crippen LogP contribution is 2.30. The molecule has 190 valence electrons. The second-order valence-corrected chi connectivity index (χ2v) is 9.79. The van der Waals surface area contributed by atoms with Gasteiger partial charge < -0.3 is 18.9 Å². The summed E-state index contributed by atoms with van der Waals surface area (Å²) in [5.74, 6) is -0.352. The maximum atomic E-state index is 13.3. The molecular weight excluding hydrogens is 474 g/mol. The lowest BCUT2D eigenvalue weighted by molar-refractivity contribution is -0.136. The molecule has 0 spiro atoms. The number of amides is 4. The van der Waals surface area contributed by atoms with Crippen LogP contribution in [0.1, 0.15) is 58.4 Å². The first-order valence-electron chi connectivity index (χ1n) is 12.6. The highest BCUT2D eigenvalue weighted by atomic mass is 16.5. The molecule has 0 saturated carbocycles. The Kier molecular flexibility index (Phi) is 5.86. The molecule has 10 heteroatoms. The van der Waals surface area contributed by atoms with Crippen molar-refractivity contribution in [1.29, 1.82) is 0 Å². The number of carbonyl (C=O) groups is 4. The molecule has 37 heavy (non-hydrogen) atoms. The highest BCUT2D eigenvalue weighted by molar-refractivity contribution is 6.05.